The molecule has 1 heterocycles. The van der Waals surface area contributed by atoms with E-state index in [0.29, 0.717) is 4.47 Å². The van der Waals surface area contributed by atoms with Crippen molar-refractivity contribution in [2.45, 2.75) is 0 Å². The number of nitrogens with two attached hydrogens (primary N) is 1. The second-order valence-corrected chi connectivity index (χ2v) is 5.08. The first-order chi connectivity index (χ1) is 10.4. The zero-order chi connectivity index (χ0) is 16.4. The third-order valence-electron chi connectivity index (χ3n) is 2.94. The van der Waals surface area contributed by atoms with Gasteiger partial charge in [0.05, 0.1) is 23.3 Å². The minimum Gasteiger partial charge on any atom is -0.464 e. The third-order valence-corrected chi connectivity index (χ3v) is 3.43. The summed E-state index contributed by atoms with van der Waals surface area (Å²) in [6.45, 7) is 0. The Labute approximate surface area is 133 Å². The number of nitrogen functional groups attached to an aromatic ring is 1. The zero-order valence-corrected chi connectivity index (χ0v) is 12.8. The van der Waals surface area contributed by atoms with Gasteiger partial charge in [-0.15, -0.1) is 0 Å². The number of benzene rings is 1. The van der Waals surface area contributed by atoms with E-state index in [9.17, 15) is 14.9 Å². The van der Waals surface area contributed by atoms with Crippen LogP contribution in [0.25, 0.3) is 5.69 Å². The number of hydrogen-bond acceptors (Lipinski definition) is 6. The van der Waals surface area contributed by atoms with Crippen molar-refractivity contribution in [2.75, 3.05) is 12.8 Å². The molecule has 0 bridgehead atoms. The number of anilines is 1. The van der Waals surface area contributed by atoms with Gasteiger partial charge in [-0.1, -0.05) is 15.9 Å². The molecule has 0 saturated heterocycles. The van der Waals surface area contributed by atoms with Crippen LogP contribution in [0.3, 0.4) is 0 Å². The number of nitro groups is 1. The van der Waals surface area contributed by atoms with Crippen LogP contribution >= 0.6 is 15.9 Å². The second kappa shape index (κ2) is 5.87. The fourth-order valence-corrected chi connectivity index (χ4v) is 2.30. The molecule has 2 rings (SSSR count). The Balaban J connectivity index is 2.84. The Kier molecular flexibility index (Phi) is 4.14. The number of halogens is 1. The predicted octanol–water partition coefficient (Wildman–Crippen LogP) is 2.39. The van der Waals surface area contributed by atoms with Crippen molar-refractivity contribution in [1.29, 1.82) is 5.26 Å². The lowest BCUT2D eigenvalue weighted by Gasteiger charge is -2.09. The topological polar surface area (TPSA) is 124 Å². The molecule has 0 radical (unpaired) electrons. The van der Waals surface area contributed by atoms with Crippen LogP contribution in [0.1, 0.15) is 16.1 Å². The van der Waals surface area contributed by atoms with Crippen LogP contribution in [0.2, 0.25) is 0 Å². The lowest BCUT2D eigenvalue weighted by molar-refractivity contribution is -0.384. The lowest BCUT2D eigenvalue weighted by atomic mass is 10.2. The van der Waals surface area contributed by atoms with Gasteiger partial charge >= 0.3 is 5.97 Å². The summed E-state index contributed by atoms with van der Waals surface area (Å²) in [4.78, 5) is 22.5. The largest absolute Gasteiger partial charge is 0.464 e. The average Bonchev–Trinajstić information content (AvgIpc) is 2.82. The molecule has 1 aromatic heterocycles. The second-order valence-electron chi connectivity index (χ2n) is 4.17. The van der Waals surface area contributed by atoms with Crippen molar-refractivity contribution in [1.82, 2.24) is 4.57 Å². The highest BCUT2D eigenvalue weighted by atomic mass is 79.9. The number of rotatable bonds is 3. The molecule has 2 N–H and O–H groups in total. The molecule has 8 nitrogen and oxygen atoms in total. The normalized spacial score (nSPS) is 10.0. The first kappa shape index (κ1) is 15.5. The van der Waals surface area contributed by atoms with E-state index >= 15 is 0 Å². The Morgan fingerprint density at radius 2 is 2.23 bits per heavy atom. The van der Waals surface area contributed by atoms with Crippen molar-refractivity contribution < 1.29 is 14.5 Å². The van der Waals surface area contributed by atoms with Crippen molar-refractivity contribution >= 4 is 33.3 Å². The molecule has 0 fully saturated rings. The van der Waals surface area contributed by atoms with Gasteiger partial charge in [0.1, 0.15) is 11.8 Å². The van der Waals surface area contributed by atoms with E-state index in [0.717, 1.165) is 7.11 Å². The minimum atomic E-state index is -0.798. The number of methoxy groups -OCH3 is 1. The molecule has 0 atom stereocenters. The van der Waals surface area contributed by atoms with Gasteiger partial charge in [0, 0.05) is 16.7 Å². The lowest BCUT2D eigenvalue weighted by Crippen LogP contribution is -2.12. The number of nitriles is 1. The molecular weight excluding hydrogens is 356 g/mol. The molecule has 0 amide bonds. The molecule has 0 unspecified atom stereocenters. The van der Waals surface area contributed by atoms with E-state index in [1.165, 1.54) is 29.0 Å². The molecule has 0 aliphatic carbocycles. The van der Waals surface area contributed by atoms with E-state index in [1.54, 1.807) is 0 Å². The van der Waals surface area contributed by atoms with E-state index in [2.05, 4.69) is 20.7 Å². The summed E-state index contributed by atoms with van der Waals surface area (Å²) in [7, 11) is 1.15. The molecule has 9 heteroatoms. The summed E-state index contributed by atoms with van der Waals surface area (Å²) < 4.78 is 6.38. The standard InChI is InChI=1S/C13H9BrN4O4/c1-22-13(19)12-11(16)7(5-15)6-17(12)10-4-8(14)2-3-9(10)18(20)21/h2-4,6H,16H2,1H3. The van der Waals surface area contributed by atoms with Gasteiger partial charge in [-0.25, -0.2) is 4.79 Å². The van der Waals surface area contributed by atoms with E-state index in [-0.39, 0.29) is 28.3 Å². The van der Waals surface area contributed by atoms with E-state index in [4.69, 9.17) is 11.0 Å². The summed E-state index contributed by atoms with van der Waals surface area (Å²) in [5.41, 5.74) is 5.41. The molecule has 2 aromatic rings. The van der Waals surface area contributed by atoms with Crippen molar-refractivity contribution in [3.05, 3.63) is 50.2 Å². The number of aromatic nitrogens is 1. The summed E-state index contributed by atoms with van der Waals surface area (Å²) in [5, 5.41) is 20.2. The summed E-state index contributed by atoms with van der Waals surface area (Å²) >= 11 is 3.22. The fraction of sp³-hybridized carbons (Fsp3) is 0.0769. The third kappa shape index (κ3) is 2.51. The van der Waals surface area contributed by atoms with E-state index in [1.807, 2.05) is 6.07 Å². The summed E-state index contributed by atoms with van der Waals surface area (Å²) in [5.74, 6) is -0.798. The average molecular weight is 365 g/mol. The summed E-state index contributed by atoms with van der Waals surface area (Å²) in [6.07, 6.45) is 1.26. The molecule has 0 aliphatic rings. The van der Waals surface area contributed by atoms with Gasteiger partial charge in [-0.05, 0) is 12.1 Å². The molecule has 22 heavy (non-hydrogen) atoms. The Morgan fingerprint density at radius 1 is 1.55 bits per heavy atom. The van der Waals surface area contributed by atoms with Gasteiger partial charge in [0.2, 0.25) is 0 Å². The first-order valence-electron chi connectivity index (χ1n) is 5.84. The number of nitrogens with zero attached hydrogens (tertiary/aromatic N) is 3. The van der Waals surface area contributed by atoms with Crippen LogP contribution in [-0.2, 0) is 4.74 Å². The Bertz CT molecular complexity index is 822. The van der Waals surface area contributed by atoms with Crippen LogP contribution < -0.4 is 5.73 Å². The van der Waals surface area contributed by atoms with Crippen LogP contribution in [0.15, 0.2) is 28.9 Å². The Morgan fingerprint density at radius 3 is 2.77 bits per heavy atom. The number of esters is 1. The minimum absolute atomic E-state index is 0.0228. The highest BCUT2D eigenvalue weighted by molar-refractivity contribution is 9.10. The van der Waals surface area contributed by atoms with Crippen LogP contribution in [0.5, 0.6) is 0 Å². The molecule has 112 valence electrons. The van der Waals surface area contributed by atoms with E-state index < -0.39 is 10.9 Å². The maximum Gasteiger partial charge on any atom is 0.357 e. The zero-order valence-electron chi connectivity index (χ0n) is 11.2. The van der Waals surface area contributed by atoms with Gasteiger partial charge < -0.3 is 15.0 Å². The number of carbonyl (C=O) groups excluding carboxylic acids is 1. The molecular formula is C13H9BrN4O4. The smallest absolute Gasteiger partial charge is 0.357 e. The number of nitro benzene ring substituents is 1. The highest BCUT2D eigenvalue weighted by Gasteiger charge is 2.25. The van der Waals surface area contributed by atoms with Gasteiger partial charge in [0.15, 0.2) is 5.69 Å². The van der Waals surface area contributed by atoms with Gasteiger partial charge in [0.25, 0.3) is 5.69 Å². The number of carbonyl (C=O) groups is 1. The first-order valence-corrected chi connectivity index (χ1v) is 6.63. The Hall–Kier alpha value is -2.86. The SMILES string of the molecule is COC(=O)c1c(N)c(C#N)cn1-c1cc(Br)ccc1[N+](=O)[O-]. The molecule has 0 aliphatic heterocycles. The number of ether oxygens (including phenoxy) is 1. The molecule has 0 saturated carbocycles. The monoisotopic (exact) mass is 364 g/mol. The maximum atomic E-state index is 11.9. The molecule has 1 aromatic carbocycles. The number of hydrogen-bond donors (Lipinski definition) is 1. The molecule has 0 spiro atoms. The van der Waals surface area contributed by atoms with Gasteiger partial charge in [-0.2, -0.15) is 5.26 Å². The summed E-state index contributed by atoms with van der Waals surface area (Å²) in [6, 6.07) is 6.06. The van der Waals surface area contributed by atoms with Crippen molar-refractivity contribution in [2.24, 2.45) is 0 Å². The van der Waals surface area contributed by atoms with Crippen LogP contribution in [0.4, 0.5) is 11.4 Å². The van der Waals surface area contributed by atoms with Crippen molar-refractivity contribution in [3.8, 4) is 11.8 Å². The van der Waals surface area contributed by atoms with Gasteiger partial charge in [-0.3, -0.25) is 10.1 Å². The highest BCUT2D eigenvalue weighted by Crippen LogP contribution is 2.31. The predicted molar refractivity (Wildman–Crippen MR) is 80.6 cm³/mol. The quantitative estimate of drug-likeness (QED) is 0.506. The van der Waals surface area contributed by atoms with Crippen LogP contribution in [0, 0.1) is 21.4 Å². The maximum absolute atomic E-state index is 11.9. The van der Waals surface area contributed by atoms with Crippen LogP contribution in [-0.4, -0.2) is 22.6 Å². The fourth-order valence-electron chi connectivity index (χ4n) is 1.95. The van der Waals surface area contributed by atoms with Crippen molar-refractivity contribution in [3.63, 3.8) is 0 Å².